The molecule has 4 heteroatoms. The van der Waals surface area contributed by atoms with E-state index in [0.717, 1.165) is 30.6 Å². The van der Waals surface area contributed by atoms with Crippen molar-refractivity contribution in [2.45, 2.75) is 32.6 Å². The summed E-state index contributed by atoms with van der Waals surface area (Å²) in [4.78, 5) is 11.4. The van der Waals surface area contributed by atoms with Crippen LogP contribution in [0.2, 0.25) is 0 Å². The number of nitrogens with zero attached hydrogens (tertiary/aromatic N) is 1. The molecule has 98 valence electrons. The lowest BCUT2D eigenvalue weighted by Crippen LogP contribution is -2.16. The number of hydrogen-bond donors (Lipinski definition) is 1. The fourth-order valence-corrected chi connectivity index (χ4v) is 1.49. The van der Waals surface area contributed by atoms with Crippen LogP contribution in [0.3, 0.4) is 0 Å². The number of amides is 1. The number of methoxy groups -OCH3 is 1. The average molecular weight is 248 g/mol. The Kier molecular flexibility index (Phi) is 6.54. The van der Waals surface area contributed by atoms with Crippen LogP contribution in [-0.2, 0) is 4.79 Å². The van der Waals surface area contributed by atoms with E-state index in [1.807, 2.05) is 24.3 Å². The number of ether oxygens (including phenoxy) is 1. The van der Waals surface area contributed by atoms with Gasteiger partial charge in [0.15, 0.2) is 0 Å². The van der Waals surface area contributed by atoms with Gasteiger partial charge in [-0.1, -0.05) is 31.9 Å². The minimum Gasteiger partial charge on any atom is -0.497 e. The smallest absolute Gasteiger partial charge is 0.240 e. The monoisotopic (exact) mass is 248 g/mol. The Morgan fingerprint density at radius 2 is 2.28 bits per heavy atom. The topological polar surface area (TPSA) is 50.7 Å². The Morgan fingerprint density at radius 3 is 3.00 bits per heavy atom. The molecule has 0 saturated carbocycles. The highest BCUT2D eigenvalue weighted by molar-refractivity contribution is 5.82. The third-order valence-electron chi connectivity index (χ3n) is 2.50. The van der Waals surface area contributed by atoms with Crippen LogP contribution in [0.4, 0.5) is 0 Å². The highest BCUT2D eigenvalue weighted by Gasteiger charge is 1.98. The number of carbonyl (C=O) groups excluding carboxylic acids is 1. The van der Waals surface area contributed by atoms with Crippen LogP contribution in [0.25, 0.3) is 0 Å². The standard InChI is InChI=1S/C14H20N2O2/c1-3-4-5-9-14(17)16-15-11-12-7-6-8-13(10-12)18-2/h6-8,10-11H,3-5,9H2,1-2H3,(H,16,17)/b15-11+. The lowest BCUT2D eigenvalue weighted by molar-refractivity contribution is -0.121. The summed E-state index contributed by atoms with van der Waals surface area (Å²) in [5.74, 6) is 0.732. The summed E-state index contributed by atoms with van der Waals surface area (Å²) in [5, 5.41) is 3.92. The number of unbranched alkanes of at least 4 members (excludes halogenated alkanes) is 2. The van der Waals surface area contributed by atoms with Crippen molar-refractivity contribution in [3.8, 4) is 5.75 Å². The van der Waals surface area contributed by atoms with E-state index in [-0.39, 0.29) is 5.91 Å². The second kappa shape index (κ2) is 8.28. The molecule has 1 rings (SSSR count). The van der Waals surface area contributed by atoms with Gasteiger partial charge in [-0.05, 0) is 24.1 Å². The van der Waals surface area contributed by atoms with Gasteiger partial charge in [-0.3, -0.25) is 4.79 Å². The van der Waals surface area contributed by atoms with Gasteiger partial charge >= 0.3 is 0 Å². The Balaban J connectivity index is 2.37. The van der Waals surface area contributed by atoms with Crippen molar-refractivity contribution in [2.75, 3.05) is 7.11 Å². The molecule has 1 N–H and O–H groups in total. The van der Waals surface area contributed by atoms with E-state index in [0.29, 0.717) is 6.42 Å². The molecular formula is C14H20N2O2. The van der Waals surface area contributed by atoms with Crippen LogP contribution in [0.5, 0.6) is 5.75 Å². The van der Waals surface area contributed by atoms with Crippen molar-refractivity contribution >= 4 is 12.1 Å². The number of nitrogens with one attached hydrogen (secondary N) is 1. The normalized spacial score (nSPS) is 10.6. The molecule has 0 spiro atoms. The molecule has 0 bridgehead atoms. The highest BCUT2D eigenvalue weighted by Crippen LogP contribution is 2.10. The number of hydrogen-bond acceptors (Lipinski definition) is 3. The first-order valence-electron chi connectivity index (χ1n) is 6.22. The molecule has 1 aromatic carbocycles. The van der Waals surface area contributed by atoms with Crippen LogP contribution >= 0.6 is 0 Å². The Hall–Kier alpha value is -1.84. The van der Waals surface area contributed by atoms with Gasteiger partial charge in [0.05, 0.1) is 13.3 Å². The molecule has 0 heterocycles. The summed E-state index contributed by atoms with van der Waals surface area (Å²) in [5.41, 5.74) is 3.41. The predicted molar refractivity (Wildman–Crippen MR) is 72.9 cm³/mol. The summed E-state index contributed by atoms with van der Waals surface area (Å²) in [6, 6.07) is 7.49. The molecule has 0 aliphatic heterocycles. The van der Waals surface area contributed by atoms with Crippen molar-refractivity contribution in [1.82, 2.24) is 5.43 Å². The maximum absolute atomic E-state index is 11.4. The zero-order chi connectivity index (χ0) is 13.2. The zero-order valence-corrected chi connectivity index (χ0v) is 11.0. The van der Waals surface area contributed by atoms with Crippen molar-refractivity contribution < 1.29 is 9.53 Å². The maximum Gasteiger partial charge on any atom is 0.240 e. The first kappa shape index (κ1) is 14.2. The highest BCUT2D eigenvalue weighted by atomic mass is 16.5. The molecule has 18 heavy (non-hydrogen) atoms. The van der Waals surface area contributed by atoms with Crippen LogP contribution in [0.1, 0.15) is 38.2 Å². The van der Waals surface area contributed by atoms with E-state index in [1.54, 1.807) is 13.3 Å². The number of hydrazone groups is 1. The Morgan fingerprint density at radius 1 is 1.44 bits per heavy atom. The van der Waals surface area contributed by atoms with Gasteiger partial charge in [0.25, 0.3) is 0 Å². The van der Waals surface area contributed by atoms with E-state index in [1.165, 1.54) is 0 Å². The molecule has 0 unspecified atom stereocenters. The van der Waals surface area contributed by atoms with Crippen molar-refractivity contribution in [3.63, 3.8) is 0 Å². The van der Waals surface area contributed by atoms with Crippen LogP contribution < -0.4 is 10.2 Å². The maximum atomic E-state index is 11.4. The largest absolute Gasteiger partial charge is 0.497 e. The van der Waals surface area contributed by atoms with Crippen LogP contribution in [0, 0.1) is 0 Å². The molecule has 0 aromatic heterocycles. The van der Waals surface area contributed by atoms with E-state index >= 15 is 0 Å². The summed E-state index contributed by atoms with van der Waals surface area (Å²) >= 11 is 0. The average Bonchev–Trinajstić information content (AvgIpc) is 2.39. The van der Waals surface area contributed by atoms with Gasteiger partial charge in [-0.15, -0.1) is 0 Å². The molecule has 0 fully saturated rings. The Labute approximate surface area is 108 Å². The molecule has 1 amide bonds. The second-order valence-corrected chi connectivity index (χ2v) is 4.03. The van der Waals surface area contributed by atoms with E-state index < -0.39 is 0 Å². The lowest BCUT2D eigenvalue weighted by atomic mass is 10.2. The van der Waals surface area contributed by atoms with Gasteiger partial charge in [0, 0.05) is 6.42 Å². The van der Waals surface area contributed by atoms with Gasteiger partial charge in [0.1, 0.15) is 5.75 Å². The molecule has 4 nitrogen and oxygen atoms in total. The molecule has 0 radical (unpaired) electrons. The minimum absolute atomic E-state index is 0.0393. The molecular weight excluding hydrogens is 228 g/mol. The van der Waals surface area contributed by atoms with E-state index in [2.05, 4.69) is 17.5 Å². The van der Waals surface area contributed by atoms with Gasteiger partial charge < -0.3 is 4.74 Å². The fraction of sp³-hybridized carbons (Fsp3) is 0.429. The van der Waals surface area contributed by atoms with Crippen molar-refractivity contribution in [2.24, 2.45) is 5.10 Å². The second-order valence-electron chi connectivity index (χ2n) is 4.03. The van der Waals surface area contributed by atoms with Gasteiger partial charge in [-0.2, -0.15) is 5.10 Å². The number of benzene rings is 1. The summed E-state index contributed by atoms with van der Waals surface area (Å²) in [6.07, 6.45) is 5.24. The fourth-order valence-electron chi connectivity index (χ4n) is 1.49. The summed E-state index contributed by atoms with van der Waals surface area (Å²) in [7, 11) is 1.62. The first-order chi connectivity index (χ1) is 8.76. The summed E-state index contributed by atoms with van der Waals surface area (Å²) < 4.78 is 5.10. The molecule has 0 aliphatic carbocycles. The Bertz CT molecular complexity index is 403. The third-order valence-corrected chi connectivity index (χ3v) is 2.50. The number of rotatable bonds is 7. The van der Waals surface area contributed by atoms with Gasteiger partial charge in [-0.25, -0.2) is 5.43 Å². The van der Waals surface area contributed by atoms with Crippen molar-refractivity contribution in [3.05, 3.63) is 29.8 Å². The van der Waals surface area contributed by atoms with Crippen molar-refractivity contribution in [1.29, 1.82) is 0 Å². The lowest BCUT2D eigenvalue weighted by Gasteiger charge is -2.00. The first-order valence-corrected chi connectivity index (χ1v) is 6.22. The number of carbonyl (C=O) groups is 1. The van der Waals surface area contributed by atoms with Crippen LogP contribution in [-0.4, -0.2) is 19.2 Å². The predicted octanol–water partition coefficient (Wildman–Crippen LogP) is 2.73. The van der Waals surface area contributed by atoms with E-state index in [4.69, 9.17) is 4.74 Å². The molecule has 1 aromatic rings. The molecule has 0 aliphatic rings. The molecule has 0 atom stereocenters. The zero-order valence-electron chi connectivity index (χ0n) is 11.0. The van der Waals surface area contributed by atoms with Gasteiger partial charge in [0.2, 0.25) is 5.91 Å². The quantitative estimate of drug-likeness (QED) is 0.458. The third kappa shape index (κ3) is 5.48. The van der Waals surface area contributed by atoms with E-state index in [9.17, 15) is 4.79 Å². The van der Waals surface area contributed by atoms with Crippen LogP contribution in [0.15, 0.2) is 29.4 Å². The summed E-state index contributed by atoms with van der Waals surface area (Å²) in [6.45, 7) is 2.11. The molecule has 0 saturated heterocycles. The SMILES string of the molecule is CCCCCC(=O)N/N=C/c1cccc(OC)c1. The minimum atomic E-state index is -0.0393.